The van der Waals surface area contributed by atoms with Crippen LogP contribution in [0.25, 0.3) is 0 Å². The molecule has 1 heterocycles. The van der Waals surface area contributed by atoms with E-state index in [4.69, 9.17) is 10.5 Å². The van der Waals surface area contributed by atoms with Gasteiger partial charge in [-0.3, -0.25) is 4.79 Å². The monoisotopic (exact) mass is 319 g/mol. The number of hydrogen-bond donors (Lipinski definition) is 2. The van der Waals surface area contributed by atoms with Gasteiger partial charge in [0.15, 0.2) is 0 Å². The van der Waals surface area contributed by atoms with Crippen LogP contribution in [0.3, 0.4) is 0 Å². The van der Waals surface area contributed by atoms with Crippen molar-refractivity contribution in [1.29, 1.82) is 0 Å². The van der Waals surface area contributed by atoms with E-state index in [0.717, 1.165) is 10.7 Å². The van der Waals surface area contributed by atoms with E-state index in [9.17, 15) is 4.79 Å². The molecule has 0 spiro atoms. The van der Waals surface area contributed by atoms with Gasteiger partial charge in [0.1, 0.15) is 10.8 Å². The van der Waals surface area contributed by atoms with Gasteiger partial charge in [-0.05, 0) is 18.1 Å². The van der Waals surface area contributed by atoms with Crippen LogP contribution in [0.2, 0.25) is 0 Å². The molecule has 118 valence electrons. The number of carbonyl (C=O) groups is 1. The van der Waals surface area contributed by atoms with Gasteiger partial charge in [0.05, 0.1) is 25.3 Å². The number of rotatable bonds is 6. The van der Waals surface area contributed by atoms with Gasteiger partial charge in [0.25, 0.3) is 0 Å². The normalized spacial score (nSPS) is 12.2. The van der Waals surface area contributed by atoms with Crippen molar-refractivity contribution >= 4 is 22.9 Å². The summed E-state index contributed by atoms with van der Waals surface area (Å²) in [5, 5.41) is 5.61. The van der Waals surface area contributed by atoms with Crippen LogP contribution in [0.15, 0.2) is 29.6 Å². The molecule has 5 nitrogen and oxygen atoms in total. The lowest BCUT2D eigenvalue weighted by atomic mass is 10.1. The molecule has 0 saturated carbocycles. The lowest BCUT2D eigenvalue weighted by Gasteiger charge is -2.11. The van der Waals surface area contributed by atoms with Gasteiger partial charge in [0, 0.05) is 17.1 Å². The van der Waals surface area contributed by atoms with E-state index in [1.165, 1.54) is 11.3 Å². The van der Waals surface area contributed by atoms with E-state index < -0.39 is 0 Å². The second-order valence-electron chi connectivity index (χ2n) is 5.40. The van der Waals surface area contributed by atoms with Gasteiger partial charge in [-0.2, -0.15) is 0 Å². The zero-order valence-corrected chi connectivity index (χ0v) is 13.8. The molecular formula is C16H21N3O2S. The average molecular weight is 319 g/mol. The molecule has 0 fully saturated rings. The molecule has 0 aliphatic carbocycles. The van der Waals surface area contributed by atoms with Crippen LogP contribution in [0, 0.1) is 5.92 Å². The zero-order chi connectivity index (χ0) is 16.1. The fourth-order valence-corrected chi connectivity index (χ4v) is 2.90. The van der Waals surface area contributed by atoms with Gasteiger partial charge in [0.2, 0.25) is 5.91 Å². The van der Waals surface area contributed by atoms with Crippen LogP contribution in [0.1, 0.15) is 30.6 Å². The third-order valence-corrected chi connectivity index (χ3v) is 4.26. The number of methoxy groups -OCH3 is 1. The highest BCUT2D eigenvalue weighted by atomic mass is 32.1. The molecule has 2 aromatic rings. The maximum absolute atomic E-state index is 12.1. The third-order valence-electron chi connectivity index (χ3n) is 3.27. The van der Waals surface area contributed by atoms with E-state index in [0.29, 0.717) is 17.4 Å². The Labute approximate surface area is 134 Å². The summed E-state index contributed by atoms with van der Waals surface area (Å²) in [6.45, 7) is 4.11. The minimum Gasteiger partial charge on any atom is -0.497 e. The number of benzene rings is 1. The van der Waals surface area contributed by atoms with Crippen LogP contribution < -0.4 is 15.8 Å². The number of carbonyl (C=O) groups excluding carboxylic acids is 1. The molecule has 0 bridgehead atoms. The van der Waals surface area contributed by atoms with Crippen molar-refractivity contribution < 1.29 is 9.53 Å². The van der Waals surface area contributed by atoms with Crippen molar-refractivity contribution in [2.75, 3.05) is 12.4 Å². The van der Waals surface area contributed by atoms with E-state index in [1.54, 1.807) is 13.2 Å². The third kappa shape index (κ3) is 4.29. The molecule has 3 N–H and O–H groups in total. The first-order valence-corrected chi connectivity index (χ1v) is 8.01. The maximum atomic E-state index is 12.1. The smallest absolute Gasteiger partial charge is 0.230 e. The minimum atomic E-state index is -0.108. The first-order valence-electron chi connectivity index (χ1n) is 7.13. The summed E-state index contributed by atoms with van der Waals surface area (Å²) in [5.41, 5.74) is 7.52. The van der Waals surface area contributed by atoms with Crippen LogP contribution in [-0.2, 0) is 11.2 Å². The lowest BCUT2D eigenvalue weighted by Crippen LogP contribution is -2.17. The molecular weight excluding hydrogens is 298 g/mol. The molecule has 2 rings (SSSR count). The highest BCUT2D eigenvalue weighted by molar-refractivity contribution is 7.09. The summed E-state index contributed by atoms with van der Waals surface area (Å²) in [5.74, 6) is 0.921. The summed E-state index contributed by atoms with van der Waals surface area (Å²) in [6.07, 6.45) is 0.235. The van der Waals surface area contributed by atoms with Crippen LogP contribution in [-0.4, -0.2) is 18.0 Å². The number of hydrogen-bond acceptors (Lipinski definition) is 5. The van der Waals surface area contributed by atoms with Crippen molar-refractivity contribution in [3.63, 3.8) is 0 Å². The summed E-state index contributed by atoms with van der Waals surface area (Å²) in [6, 6.07) is 7.17. The number of aromatic nitrogens is 1. The lowest BCUT2D eigenvalue weighted by molar-refractivity contribution is -0.115. The molecule has 22 heavy (non-hydrogen) atoms. The topological polar surface area (TPSA) is 77.2 Å². The Balaban J connectivity index is 1.97. The fourth-order valence-electron chi connectivity index (χ4n) is 1.91. The Morgan fingerprint density at radius 3 is 2.91 bits per heavy atom. The highest BCUT2D eigenvalue weighted by Gasteiger charge is 2.15. The quantitative estimate of drug-likeness (QED) is 0.858. The van der Waals surface area contributed by atoms with E-state index in [-0.39, 0.29) is 18.4 Å². The number of nitrogens with zero attached hydrogens (tertiary/aromatic N) is 1. The van der Waals surface area contributed by atoms with Gasteiger partial charge in [-0.15, -0.1) is 11.3 Å². The Hall–Kier alpha value is -1.92. The van der Waals surface area contributed by atoms with Crippen LogP contribution in [0.5, 0.6) is 5.75 Å². The number of anilines is 1. The summed E-state index contributed by atoms with van der Waals surface area (Å²) in [7, 11) is 1.59. The number of thiazole rings is 1. The summed E-state index contributed by atoms with van der Waals surface area (Å²) in [4.78, 5) is 16.5. The Morgan fingerprint density at radius 1 is 1.45 bits per heavy atom. The molecule has 1 amide bonds. The second-order valence-corrected chi connectivity index (χ2v) is 6.29. The van der Waals surface area contributed by atoms with Gasteiger partial charge >= 0.3 is 0 Å². The van der Waals surface area contributed by atoms with Crippen molar-refractivity contribution in [2.45, 2.75) is 26.3 Å². The molecule has 0 aliphatic heterocycles. The Bertz CT molecular complexity index is 640. The fraction of sp³-hybridized carbons (Fsp3) is 0.375. The van der Waals surface area contributed by atoms with Crippen molar-refractivity contribution in [2.24, 2.45) is 11.7 Å². The van der Waals surface area contributed by atoms with Crippen molar-refractivity contribution in [1.82, 2.24) is 4.98 Å². The predicted octanol–water partition coefficient (Wildman–Crippen LogP) is 2.99. The minimum absolute atomic E-state index is 0.0832. The van der Waals surface area contributed by atoms with E-state index in [2.05, 4.69) is 24.1 Å². The average Bonchev–Trinajstić information content (AvgIpc) is 2.94. The molecule has 0 aliphatic rings. The molecule has 1 unspecified atom stereocenters. The summed E-state index contributed by atoms with van der Waals surface area (Å²) < 4.78 is 5.13. The molecule has 0 radical (unpaired) electrons. The molecule has 1 aromatic heterocycles. The number of nitrogens with one attached hydrogen (secondary N) is 1. The second kappa shape index (κ2) is 7.38. The van der Waals surface area contributed by atoms with Gasteiger partial charge in [-0.1, -0.05) is 19.9 Å². The van der Waals surface area contributed by atoms with Crippen LogP contribution >= 0.6 is 11.3 Å². The number of nitrogens with two attached hydrogens (primary N) is 1. The predicted molar refractivity (Wildman–Crippen MR) is 89.2 cm³/mol. The largest absolute Gasteiger partial charge is 0.497 e. The first-order chi connectivity index (χ1) is 10.5. The maximum Gasteiger partial charge on any atom is 0.230 e. The zero-order valence-electron chi connectivity index (χ0n) is 13.0. The van der Waals surface area contributed by atoms with Gasteiger partial charge in [-0.25, -0.2) is 4.98 Å². The highest BCUT2D eigenvalue weighted by Crippen LogP contribution is 2.23. The first kappa shape index (κ1) is 16.5. The molecule has 1 atom stereocenters. The van der Waals surface area contributed by atoms with Gasteiger partial charge < -0.3 is 15.8 Å². The number of amides is 1. The SMILES string of the molecule is COc1cccc(NC(=O)Cc2csc(C(N)C(C)C)n2)c1. The Morgan fingerprint density at radius 2 is 2.23 bits per heavy atom. The van der Waals surface area contributed by atoms with E-state index in [1.807, 2.05) is 23.6 Å². The molecule has 6 heteroatoms. The Kier molecular flexibility index (Phi) is 5.51. The van der Waals surface area contributed by atoms with Crippen molar-refractivity contribution in [3.05, 3.63) is 40.3 Å². The molecule has 1 aromatic carbocycles. The number of ether oxygens (including phenoxy) is 1. The molecule has 0 saturated heterocycles. The van der Waals surface area contributed by atoms with E-state index >= 15 is 0 Å². The van der Waals surface area contributed by atoms with Crippen molar-refractivity contribution in [3.8, 4) is 5.75 Å². The summed E-state index contributed by atoms with van der Waals surface area (Å²) >= 11 is 1.50. The van der Waals surface area contributed by atoms with Crippen LogP contribution in [0.4, 0.5) is 5.69 Å². The standard InChI is InChI=1S/C16H21N3O2S/c1-10(2)15(17)16-19-12(9-22-16)8-14(20)18-11-5-4-6-13(7-11)21-3/h4-7,9-10,15H,8,17H2,1-3H3,(H,18,20).